The highest BCUT2D eigenvalue weighted by Gasteiger charge is 2.13. The van der Waals surface area contributed by atoms with Crippen molar-refractivity contribution in [3.8, 4) is 5.75 Å². The third-order valence-electron chi connectivity index (χ3n) is 3.53. The third-order valence-corrected chi connectivity index (χ3v) is 3.53. The molecule has 0 spiro atoms. The topological polar surface area (TPSA) is 9.23 Å². The van der Waals surface area contributed by atoms with Crippen LogP contribution in [0.4, 0.5) is 0 Å². The molecule has 2 aromatic rings. The minimum Gasteiger partial charge on any atom is -0.493 e. The van der Waals surface area contributed by atoms with E-state index < -0.39 is 0 Å². The lowest BCUT2D eigenvalue weighted by Crippen LogP contribution is -1.98. The Hall–Kier alpha value is -2.02. The van der Waals surface area contributed by atoms with Crippen LogP contribution in [0.2, 0.25) is 0 Å². The fourth-order valence-electron chi connectivity index (χ4n) is 2.67. The maximum absolute atomic E-state index is 5.83. The van der Waals surface area contributed by atoms with Gasteiger partial charge in [-0.2, -0.15) is 0 Å². The summed E-state index contributed by atoms with van der Waals surface area (Å²) in [5.74, 6) is 1.00. The molecule has 0 N–H and O–H groups in total. The zero-order valence-electron chi connectivity index (χ0n) is 11.2. The maximum Gasteiger partial charge on any atom is 0.127 e. The molecule has 19 heavy (non-hydrogen) atoms. The van der Waals surface area contributed by atoms with Gasteiger partial charge in [-0.3, -0.25) is 0 Å². The summed E-state index contributed by atoms with van der Waals surface area (Å²) in [5, 5.41) is 2.56. The molecular weight excluding hydrogens is 232 g/mol. The fraction of sp³-hybridized carbons (Fsp3) is 0.222. The second-order valence-electron chi connectivity index (χ2n) is 4.75. The monoisotopic (exact) mass is 250 g/mol. The Kier molecular flexibility index (Phi) is 3.37. The van der Waals surface area contributed by atoms with Gasteiger partial charge in [0.05, 0.1) is 6.61 Å². The zero-order valence-corrected chi connectivity index (χ0v) is 11.2. The number of rotatable bonds is 3. The van der Waals surface area contributed by atoms with Gasteiger partial charge in [0.1, 0.15) is 5.75 Å². The summed E-state index contributed by atoms with van der Waals surface area (Å²) >= 11 is 0. The molecule has 0 unspecified atom stereocenters. The van der Waals surface area contributed by atoms with Crippen molar-refractivity contribution in [2.45, 2.75) is 19.8 Å². The molecule has 96 valence electrons. The average molecular weight is 250 g/mol. The molecule has 0 radical (unpaired) electrons. The van der Waals surface area contributed by atoms with Gasteiger partial charge in [-0.1, -0.05) is 48.6 Å². The van der Waals surface area contributed by atoms with E-state index in [-0.39, 0.29) is 0 Å². The largest absolute Gasteiger partial charge is 0.493 e. The van der Waals surface area contributed by atoms with Crippen molar-refractivity contribution in [2.75, 3.05) is 6.61 Å². The Balaban J connectivity index is 2.25. The van der Waals surface area contributed by atoms with Gasteiger partial charge in [-0.25, -0.2) is 0 Å². The second kappa shape index (κ2) is 5.31. The molecule has 0 aliphatic heterocycles. The van der Waals surface area contributed by atoms with Gasteiger partial charge in [0.2, 0.25) is 0 Å². The summed E-state index contributed by atoms with van der Waals surface area (Å²) in [6, 6.07) is 12.8. The van der Waals surface area contributed by atoms with Crippen LogP contribution in [0.1, 0.15) is 25.3 Å². The predicted octanol–water partition coefficient (Wildman–Crippen LogP) is 4.97. The lowest BCUT2D eigenvalue weighted by molar-refractivity contribution is 0.339. The van der Waals surface area contributed by atoms with Crippen molar-refractivity contribution in [1.82, 2.24) is 0 Å². The van der Waals surface area contributed by atoms with E-state index in [4.69, 9.17) is 4.74 Å². The molecule has 2 aromatic carbocycles. The normalized spacial score (nSPS) is 14.5. The molecule has 0 aromatic heterocycles. The Morgan fingerprint density at radius 3 is 2.79 bits per heavy atom. The Morgan fingerprint density at radius 2 is 2.00 bits per heavy atom. The van der Waals surface area contributed by atoms with E-state index in [0.717, 1.165) is 18.6 Å². The Bertz CT molecular complexity index is 650. The van der Waals surface area contributed by atoms with Crippen molar-refractivity contribution in [3.63, 3.8) is 0 Å². The Morgan fingerprint density at radius 1 is 1.11 bits per heavy atom. The van der Waals surface area contributed by atoms with E-state index in [2.05, 4.69) is 54.6 Å². The van der Waals surface area contributed by atoms with Crippen LogP contribution in [-0.2, 0) is 0 Å². The molecule has 0 amide bonds. The van der Waals surface area contributed by atoms with Gasteiger partial charge < -0.3 is 4.74 Å². The van der Waals surface area contributed by atoms with Gasteiger partial charge in [0.25, 0.3) is 0 Å². The highest BCUT2D eigenvalue weighted by Crippen LogP contribution is 2.37. The predicted molar refractivity (Wildman–Crippen MR) is 81.5 cm³/mol. The molecule has 0 bridgehead atoms. The molecule has 1 aliphatic carbocycles. The molecule has 3 rings (SSSR count). The van der Waals surface area contributed by atoms with E-state index in [1.165, 1.54) is 21.9 Å². The summed E-state index contributed by atoms with van der Waals surface area (Å²) in [6.07, 6.45) is 8.78. The molecule has 1 nitrogen and oxygen atoms in total. The number of fused-ring (bicyclic) bond motifs is 1. The molecule has 1 aliphatic rings. The first-order valence-corrected chi connectivity index (χ1v) is 6.91. The highest BCUT2D eigenvalue weighted by molar-refractivity contribution is 5.97. The van der Waals surface area contributed by atoms with Gasteiger partial charge in [-0.15, -0.1) is 0 Å². The van der Waals surface area contributed by atoms with Gasteiger partial charge in [-0.05, 0) is 42.2 Å². The molecule has 0 heterocycles. The van der Waals surface area contributed by atoms with E-state index >= 15 is 0 Å². The first-order valence-electron chi connectivity index (χ1n) is 6.91. The van der Waals surface area contributed by atoms with Crippen LogP contribution in [0.25, 0.3) is 16.3 Å². The van der Waals surface area contributed by atoms with Crippen LogP contribution in [0, 0.1) is 0 Å². The molecule has 1 heteroatoms. The molecule has 0 atom stereocenters. The minimum atomic E-state index is 0.703. The van der Waals surface area contributed by atoms with E-state index in [9.17, 15) is 0 Å². The van der Waals surface area contributed by atoms with Crippen molar-refractivity contribution in [1.29, 1.82) is 0 Å². The van der Waals surface area contributed by atoms with Crippen molar-refractivity contribution in [2.24, 2.45) is 0 Å². The molecule has 0 fully saturated rings. The zero-order chi connectivity index (χ0) is 13.1. The SMILES string of the molecule is CCOc1ccc2ccccc2c1C1=CC=CCC1. The minimum absolute atomic E-state index is 0.703. The third kappa shape index (κ3) is 2.28. The Labute approximate surface area is 114 Å². The smallest absolute Gasteiger partial charge is 0.127 e. The lowest BCUT2D eigenvalue weighted by atomic mass is 9.92. The number of allylic oxidation sites excluding steroid dienone is 4. The number of benzene rings is 2. The van der Waals surface area contributed by atoms with Crippen molar-refractivity contribution >= 4 is 16.3 Å². The van der Waals surface area contributed by atoms with Crippen molar-refractivity contribution in [3.05, 3.63) is 60.2 Å². The fourth-order valence-corrected chi connectivity index (χ4v) is 2.67. The number of hydrogen-bond acceptors (Lipinski definition) is 1. The van der Waals surface area contributed by atoms with Crippen molar-refractivity contribution < 1.29 is 4.74 Å². The van der Waals surface area contributed by atoms with Gasteiger partial charge in [0, 0.05) is 5.56 Å². The molecule has 0 saturated carbocycles. The second-order valence-corrected chi connectivity index (χ2v) is 4.75. The van der Waals surface area contributed by atoms with Crippen LogP contribution in [-0.4, -0.2) is 6.61 Å². The van der Waals surface area contributed by atoms with Crippen LogP contribution in [0.5, 0.6) is 5.75 Å². The highest BCUT2D eigenvalue weighted by atomic mass is 16.5. The quantitative estimate of drug-likeness (QED) is 0.747. The first-order chi connectivity index (χ1) is 9.40. The number of hydrogen-bond donors (Lipinski definition) is 0. The average Bonchev–Trinajstić information content (AvgIpc) is 2.48. The van der Waals surface area contributed by atoms with Crippen LogP contribution in [0.15, 0.2) is 54.6 Å². The van der Waals surface area contributed by atoms with Gasteiger partial charge >= 0.3 is 0 Å². The summed E-state index contributed by atoms with van der Waals surface area (Å²) < 4.78 is 5.83. The van der Waals surface area contributed by atoms with Gasteiger partial charge in [0.15, 0.2) is 0 Å². The first kappa shape index (κ1) is 12.0. The maximum atomic E-state index is 5.83. The molecular formula is C18H18O. The van der Waals surface area contributed by atoms with E-state index in [1.54, 1.807) is 0 Å². The lowest BCUT2D eigenvalue weighted by Gasteiger charge is -2.17. The summed E-state index contributed by atoms with van der Waals surface area (Å²) in [5.41, 5.74) is 2.65. The molecule has 0 saturated heterocycles. The van der Waals surface area contributed by atoms with E-state index in [0.29, 0.717) is 6.61 Å². The van der Waals surface area contributed by atoms with Crippen LogP contribution >= 0.6 is 0 Å². The summed E-state index contributed by atoms with van der Waals surface area (Å²) in [7, 11) is 0. The summed E-state index contributed by atoms with van der Waals surface area (Å²) in [6.45, 7) is 2.74. The van der Waals surface area contributed by atoms with Crippen LogP contribution < -0.4 is 4.74 Å². The van der Waals surface area contributed by atoms with E-state index in [1.807, 2.05) is 6.92 Å². The number of ether oxygens (including phenoxy) is 1. The van der Waals surface area contributed by atoms with Crippen LogP contribution in [0.3, 0.4) is 0 Å². The summed E-state index contributed by atoms with van der Waals surface area (Å²) in [4.78, 5) is 0. The standard InChI is InChI=1S/C18H18O/c1-2-19-17-13-12-14-8-6-7-11-16(14)18(17)15-9-4-3-5-10-15/h3-4,6-9,11-13H,2,5,10H2,1H3.